The van der Waals surface area contributed by atoms with Crippen molar-refractivity contribution in [1.82, 2.24) is 8.61 Å². The van der Waals surface area contributed by atoms with Crippen molar-refractivity contribution in [2.24, 2.45) is 0 Å². The minimum Gasteiger partial charge on any atom is -0.235 e. The molecule has 0 aliphatic carbocycles. The van der Waals surface area contributed by atoms with E-state index in [0.29, 0.717) is 11.6 Å². The van der Waals surface area contributed by atoms with Gasteiger partial charge in [-0.1, -0.05) is 44.5 Å². The van der Waals surface area contributed by atoms with Crippen molar-refractivity contribution in [2.75, 3.05) is 31.1 Å². The molecule has 0 radical (unpaired) electrons. The molecule has 1 aliphatic rings. The van der Waals surface area contributed by atoms with Crippen LogP contribution < -0.4 is 0 Å². The lowest BCUT2D eigenvalue weighted by atomic mass is 10.1. The highest BCUT2D eigenvalue weighted by atomic mass is 35.5. The second-order valence-electron chi connectivity index (χ2n) is 4.85. The summed E-state index contributed by atoms with van der Waals surface area (Å²) in [6.07, 6.45) is -4.33. The Bertz CT molecular complexity index is 465. The van der Waals surface area contributed by atoms with Crippen LogP contribution >= 0.6 is 35.5 Å². The minimum atomic E-state index is -4.33. The maximum absolute atomic E-state index is 13.6. The van der Waals surface area contributed by atoms with Crippen LogP contribution in [0.2, 0.25) is 5.02 Å². The Morgan fingerprint density at radius 3 is 2.21 bits per heavy atom. The highest BCUT2D eigenvalue weighted by Gasteiger charge is 2.45. The summed E-state index contributed by atoms with van der Waals surface area (Å²) in [5.74, 6) is 1.92. The van der Waals surface area contributed by atoms with Crippen molar-refractivity contribution in [3.05, 3.63) is 34.9 Å². The molecule has 2 nitrogen and oxygen atoms in total. The molecule has 1 aromatic rings. The molecule has 1 atom stereocenters. The molecule has 0 bridgehead atoms. The van der Waals surface area contributed by atoms with Crippen LogP contribution in [0.4, 0.5) is 13.2 Å². The van der Waals surface area contributed by atoms with Gasteiger partial charge in [0.1, 0.15) is 6.04 Å². The van der Waals surface area contributed by atoms with Gasteiger partial charge < -0.3 is 0 Å². The predicted molar refractivity (Wildman–Crippen MR) is 100 cm³/mol. The summed E-state index contributed by atoms with van der Waals surface area (Å²) in [7, 11) is 0. The zero-order valence-electron chi connectivity index (χ0n) is 14.1. The third-order valence-corrected chi connectivity index (χ3v) is 5.76. The fourth-order valence-electron chi connectivity index (χ4n) is 2.23. The van der Waals surface area contributed by atoms with Gasteiger partial charge in [-0.3, -0.25) is 0 Å². The Morgan fingerprint density at radius 1 is 1.21 bits per heavy atom. The van der Waals surface area contributed by atoms with Gasteiger partial charge in [0.2, 0.25) is 0 Å². The first-order chi connectivity index (χ1) is 11.4. The Morgan fingerprint density at radius 2 is 1.75 bits per heavy atom. The lowest BCUT2D eigenvalue weighted by Gasteiger charge is -2.36. The van der Waals surface area contributed by atoms with Crippen LogP contribution in [0, 0.1) is 0 Å². The topological polar surface area (TPSA) is 6.48 Å². The van der Waals surface area contributed by atoms with Crippen LogP contribution in [0.15, 0.2) is 24.3 Å². The molecule has 24 heavy (non-hydrogen) atoms. The number of rotatable bonds is 5. The molecule has 1 aliphatic heterocycles. The van der Waals surface area contributed by atoms with E-state index in [1.54, 1.807) is 6.92 Å². The summed E-state index contributed by atoms with van der Waals surface area (Å²) in [4.78, 5) is 0. The quantitative estimate of drug-likeness (QED) is 0.567. The molecule has 138 valence electrons. The Kier molecular flexibility index (Phi) is 9.89. The summed E-state index contributed by atoms with van der Waals surface area (Å²) in [6.45, 7) is 7.66. The molecular weight excluding hydrogens is 377 g/mol. The smallest absolute Gasteiger partial charge is 0.235 e. The van der Waals surface area contributed by atoms with Gasteiger partial charge in [0.25, 0.3) is 0 Å². The number of nitrogens with zero attached hydrogens (tertiary/aromatic N) is 2. The van der Waals surface area contributed by atoms with Crippen molar-refractivity contribution < 1.29 is 13.2 Å². The molecular formula is C16H24ClF3N2S2. The molecule has 0 aromatic heterocycles. The Hall–Kier alpha value is -0.0800. The van der Waals surface area contributed by atoms with Crippen LogP contribution in [0.5, 0.6) is 0 Å². The highest BCUT2D eigenvalue weighted by molar-refractivity contribution is 7.99. The van der Waals surface area contributed by atoms with Gasteiger partial charge in [0, 0.05) is 48.3 Å². The van der Waals surface area contributed by atoms with Gasteiger partial charge in [0.05, 0.1) is 0 Å². The van der Waals surface area contributed by atoms with Crippen molar-refractivity contribution >= 4 is 35.5 Å². The van der Waals surface area contributed by atoms with Gasteiger partial charge >= 0.3 is 6.18 Å². The molecule has 0 N–H and O–H groups in total. The van der Waals surface area contributed by atoms with Gasteiger partial charge in [-0.25, -0.2) is 8.61 Å². The standard InChI is InChI=1S/C14H18ClF3N2S2.C2H6/c1-2-20(22-19-7-9-21-10-8-19)13(14(16,17)18)11-3-5-12(15)6-4-11;1-2/h3-6,13H,2,7-10H2,1H3;1-2H3/t13-;/m1./s1. The van der Waals surface area contributed by atoms with Crippen molar-refractivity contribution in [3.8, 4) is 0 Å². The number of thioether (sulfide) groups is 1. The fraction of sp³-hybridized carbons (Fsp3) is 0.625. The van der Waals surface area contributed by atoms with E-state index in [4.69, 9.17) is 11.6 Å². The predicted octanol–water partition coefficient (Wildman–Crippen LogP) is 5.90. The maximum Gasteiger partial charge on any atom is 0.409 e. The van der Waals surface area contributed by atoms with E-state index >= 15 is 0 Å². The van der Waals surface area contributed by atoms with Gasteiger partial charge in [-0.15, -0.1) is 0 Å². The summed E-state index contributed by atoms with van der Waals surface area (Å²) >= 11 is 8.82. The summed E-state index contributed by atoms with van der Waals surface area (Å²) in [5.41, 5.74) is 0.220. The van der Waals surface area contributed by atoms with E-state index in [1.807, 2.05) is 29.9 Å². The first kappa shape index (κ1) is 22.0. The zero-order valence-corrected chi connectivity index (χ0v) is 16.5. The van der Waals surface area contributed by atoms with Crippen LogP contribution in [0.25, 0.3) is 0 Å². The molecule has 0 spiro atoms. The number of alkyl halides is 3. The molecule has 1 heterocycles. The minimum absolute atomic E-state index is 0.220. The molecule has 2 rings (SSSR count). The van der Waals surface area contributed by atoms with Crippen LogP contribution in [0.1, 0.15) is 32.4 Å². The van der Waals surface area contributed by atoms with Gasteiger partial charge in [0.15, 0.2) is 0 Å². The summed E-state index contributed by atoms with van der Waals surface area (Å²) < 4.78 is 44.2. The fourth-order valence-corrected chi connectivity index (χ4v) is 4.58. The van der Waals surface area contributed by atoms with E-state index in [-0.39, 0.29) is 5.56 Å². The highest BCUT2D eigenvalue weighted by Crippen LogP contribution is 2.42. The van der Waals surface area contributed by atoms with Crippen molar-refractivity contribution in [3.63, 3.8) is 0 Å². The van der Waals surface area contributed by atoms with E-state index in [2.05, 4.69) is 0 Å². The lowest BCUT2D eigenvalue weighted by molar-refractivity contribution is -0.172. The second kappa shape index (κ2) is 10.8. The maximum atomic E-state index is 13.6. The van der Waals surface area contributed by atoms with Crippen molar-refractivity contribution in [1.29, 1.82) is 0 Å². The third-order valence-electron chi connectivity index (χ3n) is 3.29. The molecule has 8 heteroatoms. The molecule has 1 saturated heterocycles. The molecule has 1 fully saturated rings. The monoisotopic (exact) mass is 400 g/mol. The second-order valence-corrected chi connectivity index (χ2v) is 7.66. The van der Waals surface area contributed by atoms with Crippen LogP contribution in [-0.2, 0) is 0 Å². The zero-order chi connectivity index (χ0) is 18.2. The average Bonchev–Trinajstić information content (AvgIpc) is 2.57. The average molecular weight is 401 g/mol. The van der Waals surface area contributed by atoms with Crippen molar-refractivity contribution in [2.45, 2.75) is 33.0 Å². The Labute approximate surface area is 156 Å². The van der Waals surface area contributed by atoms with Crippen LogP contribution in [0.3, 0.4) is 0 Å². The lowest BCUT2D eigenvalue weighted by Crippen LogP contribution is -2.38. The normalized spacial score (nSPS) is 17.3. The Balaban J connectivity index is 0.00000139. The molecule has 0 amide bonds. The van der Waals surface area contributed by atoms with Gasteiger partial charge in [-0.05, 0) is 17.7 Å². The van der Waals surface area contributed by atoms with Crippen LogP contribution in [-0.4, -0.2) is 45.9 Å². The molecule has 0 unspecified atom stereocenters. The number of hydrogen-bond acceptors (Lipinski definition) is 4. The van der Waals surface area contributed by atoms with E-state index in [9.17, 15) is 13.2 Å². The van der Waals surface area contributed by atoms with Gasteiger partial charge in [-0.2, -0.15) is 24.9 Å². The molecule has 1 aromatic carbocycles. The number of halogens is 4. The van der Waals surface area contributed by atoms with E-state index in [1.165, 1.54) is 40.7 Å². The third kappa shape index (κ3) is 6.67. The SMILES string of the molecule is CC.CCN(SN1CCSCC1)[C@H](c1ccc(Cl)cc1)C(F)(F)F. The number of hydrogen-bond donors (Lipinski definition) is 0. The molecule has 0 saturated carbocycles. The summed E-state index contributed by atoms with van der Waals surface area (Å²) in [6, 6.07) is 4.29. The first-order valence-electron chi connectivity index (χ1n) is 8.01. The van der Waals surface area contributed by atoms with E-state index < -0.39 is 12.2 Å². The number of benzene rings is 1. The summed E-state index contributed by atoms with van der Waals surface area (Å²) in [5, 5.41) is 0.438. The largest absolute Gasteiger partial charge is 0.409 e. The van der Waals surface area contributed by atoms with E-state index in [0.717, 1.165) is 24.6 Å². The first-order valence-corrected chi connectivity index (χ1v) is 10.3.